The first kappa shape index (κ1) is 14.5. The topological polar surface area (TPSA) is 40.5 Å². The molecule has 2 rings (SSSR count). The van der Waals surface area contributed by atoms with Crippen molar-refractivity contribution in [1.29, 1.82) is 0 Å². The molecule has 0 spiro atoms. The molecule has 20 heavy (non-hydrogen) atoms. The van der Waals surface area contributed by atoms with Crippen LogP contribution in [-0.2, 0) is 11.2 Å². The summed E-state index contributed by atoms with van der Waals surface area (Å²) in [6, 6.07) is 14.2. The van der Waals surface area contributed by atoms with Crippen molar-refractivity contribution in [2.75, 3.05) is 13.6 Å². The minimum Gasteiger partial charge on any atom is -0.480 e. The molecule has 0 saturated heterocycles. The van der Waals surface area contributed by atoms with Gasteiger partial charge in [-0.1, -0.05) is 49.4 Å². The van der Waals surface area contributed by atoms with E-state index >= 15 is 0 Å². The molecule has 0 fully saturated rings. The highest BCUT2D eigenvalue weighted by molar-refractivity contribution is 5.85. The smallest absolute Gasteiger partial charge is 0.320 e. The number of carbonyl (C=O) groups is 1. The van der Waals surface area contributed by atoms with Gasteiger partial charge in [0.1, 0.15) is 6.04 Å². The third-order valence-electron chi connectivity index (χ3n) is 3.82. The number of hydrogen-bond acceptors (Lipinski definition) is 2. The number of carboxylic acids is 1. The second kappa shape index (κ2) is 6.53. The fourth-order valence-corrected chi connectivity index (χ4v) is 2.64. The number of rotatable bonds is 6. The van der Waals surface area contributed by atoms with Crippen LogP contribution in [-0.4, -0.2) is 35.6 Å². The molecule has 106 valence electrons. The van der Waals surface area contributed by atoms with Crippen LogP contribution >= 0.6 is 0 Å². The van der Waals surface area contributed by atoms with Crippen molar-refractivity contribution in [3.63, 3.8) is 0 Å². The molecule has 1 atom stereocenters. The van der Waals surface area contributed by atoms with Gasteiger partial charge in [0.05, 0.1) is 0 Å². The number of benzene rings is 2. The monoisotopic (exact) mass is 271 g/mol. The predicted octanol–water partition coefficient (Wildman–Crippen LogP) is 3.18. The molecule has 0 heterocycles. The van der Waals surface area contributed by atoms with Crippen molar-refractivity contribution in [3.8, 4) is 0 Å². The van der Waals surface area contributed by atoms with E-state index in [9.17, 15) is 9.90 Å². The van der Waals surface area contributed by atoms with Crippen LogP contribution in [0, 0.1) is 0 Å². The summed E-state index contributed by atoms with van der Waals surface area (Å²) in [6.45, 7) is 2.66. The Labute approximate surface area is 119 Å². The zero-order valence-electron chi connectivity index (χ0n) is 12.0. The van der Waals surface area contributed by atoms with E-state index in [0.29, 0.717) is 6.42 Å². The van der Waals surface area contributed by atoms with E-state index in [1.54, 1.807) is 0 Å². The van der Waals surface area contributed by atoms with Gasteiger partial charge in [-0.15, -0.1) is 0 Å². The molecule has 1 N–H and O–H groups in total. The Bertz CT molecular complexity index is 589. The molecule has 0 aromatic heterocycles. The molecule has 0 radical (unpaired) electrons. The van der Waals surface area contributed by atoms with E-state index in [0.717, 1.165) is 13.0 Å². The maximum absolute atomic E-state index is 11.2. The zero-order chi connectivity index (χ0) is 14.5. The highest BCUT2D eigenvalue weighted by Crippen LogP contribution is 2.19. The lowest BCUT2D eigenvalue weighted by Gasteiger charge is -2.23. The number of fused-ring (bicyclic) bond motifs is 1. The highest BCUT2D eigenvalue weighted by atomic mass is 16.4. The van der Waals surface area contributed by atoms with Crippen molar-refractivity contribution >= 4 is 16.7 Å². The van der Waals surface area contributed by atoms with Crippen molar-refractivity contribution in [3.05, 3.63) is 48.0 Å². The van der Waals surface area contributed by atoms with E-state index in [1.807, 2.05) is 31.0 Å². The molecule has 2 aromatic rings. The largest absolute Gasteiger partial charge is 0.480 e. The molecule has 3 heteroatoms. The van der Waals surface area contributed by atoms with Gasteiger partial charge in [-0.25, -0.2) is 0 Å². The summed E-state index contributed by atoms with van der Waals surface area (Å²) in [5, 5.41) is 11.7. The Morgan fingerprint density at radius 2 is 1.90 bits per heavy atom. The predicted molar refractivity (Wildman–Crippen MR) is 82.0 cm³/mol. The summed E-state index contributed by atoms with van der Waals surface area (Å²) in [6.07, 6.45) is 1.49. The summed E-state index contributed by atoms with van der Waals surface area (Å²) in [5.74, 6) is -0.743. The molecule has 0 aliphatic rings. The Morgan fingerprint density at radius 3 is 2.60 bits per heavy atom. The van der Waals surface area contributed by atoms with E-state index in [2.05, 4.69) is 30.3 Å². The Balaban J connectivity index is 2.11. The van der Waals surface area contributed by atoms with Crippen molar-refractivity contribution in [2.45, 2.75) is 25.8 Å². The van der Waals surface area contributed by atoms with Crippen LogP contribution in [0.1, 0.15) is 18.9 Å². The number of hydrogen-bond donors (Lipinski definition) is 1. The van der Waals surface area contributed by atoms with Crippen LogP contribution < -0.4 is 0 Å². The van der Waals surface area contributed by atoms with E-state index in [4.69, 9.17) is 0 Å². The first-order valence-electron chi connectivity index (χ1n) is 7.03. The summed E-state index contributed by atoms with van der Waals surface area (Å²) in [7, 11) is 1.88. The molecule has 3 nitrogen and oxygen atoms in total. The Hall–Kier alpha value is -1.87. The van der Waals surface area contributed by atoms with Gasteiger partial charge in [0.25, 0.3) is 0 Å². The number of likely N-dealkylation sites (N-methyl/N-ethyl adjacent to an activating group) is 1. The number of aliphatic carboxylic acids is 1. The second-order valence-corrected chi connectivity index (χ2v) is 5.13. The van der Waals surface area contributed by atoms with Crippen molar-refractivity contribution in [2.24, 2.45) is 0 Å². The van der Waals surface area contributed by atoms with Gasteiger partial charge in [-0.2, -0.15) is 0 Å². The van der Waals surface area contributed by atoms with E-state index < -0.39 is 12.0 Å². The van der Waals surface area contributed by atoms with Gasteiger partial charge in [0.15, 0.2) is 0 Å². The standard InChI is InChI=1S/C17H21NO2/c1-3-16(17(19)20)18(2)12-11-14-9-6-8-13-7-4-5-10-15(13)14/h4-10,16H,3,11-12H2,1-2H3,(H,19,20). The molecule has 0 aliphatic carbocycles. The van der Waals surface area contributed by atoms with Gasteiger partial charge in [0, 0.05) is 6.54 Å². The minimum atomic E-state index is -0.743. The van der Waals surface area contributed by atoms with E-state index in [1.165, 1.54) is 16.3 Å². The zero-order valence-corrected chi connectivity index (χ0v) is 12.0. The average molecular weight is 271 g/mol. The van der Waals surface area contributed by atoms with Gasteiger partial charge in [-0.05, 0) is 36.2 Å². The molecular formula is C17H21NO2. The number of carboxylic acid groups (broad SMARTS) is 1. The van der Waals surface area contributed by atoms with Crippen LogP contribution in [0.25, 0.3) is 10.8 Å². The van der Waals surface area contributed by atoms with Gasteiger partial charge >= 0.3 is 5.97 Å². The minimum absolute atomic E-state index is 0.398. The van der Waals surface area contributed by atoms with Gasteiger partial charge in [0.2, 0.25) is 0 Å². The first-order chi connectivity index (χ1) is 9.63. The molecule has 0 amide bonds. The van der Waals surface area contributed by atoms with Crippen LogP contribution in [0.4, 0.5) is 0 Å². The molecule has 2 aromatic carbocycles. The molecule has 1 unspecified atom stereocenters. The summed E-state index contributed by atoms with van der Waals surface area (Å²) >= 11 is 0. The molecule has 0 saturated carbocycles. The SMILES string of the molecule is CCC(C(=O)O)N(C)CCc1cccc2ccccc12. The maximum atomic E-state index is 11.2. The normalized spacial score (nSPS) is 12.8. The van der Waals surface area contributed by atoms with Crippen LogP contribution in [0.5, 0.6) is 0 Å². The molecular weight excluding hydrogens is 250 g/mol. The third-order valence-corrected chi connectivity index (χ3v) is 3.82. The Morgan fingerprint density at radius 1 is 1.20 bits per heavy atom. The number of nitrogens with zero attached hydrogens (tertiary/aromatic N) is 1. The fourth-order valence-electron chi connectivity index (χ4n) is 2.64. The average Bonchev–Trinajstić information content (AvgIpc) is 2.45. The summed E-state index contributed by atoms with van der Waals surface area (Å²) in [4.78, 5) is 13.1. The van der Waals surface area contributed by atoms with Gasteiger partial charge in [-0.3, -0.25) is 9.69 Å². The lowest BCUT2D eigenvalue weighted by atomic mass is 10.0. The Kier molecular flexibility index (Phi) is 4.74. The third kappa shape index (κ3) is 3.17. The lowest BCUT2D eigenvalue weighted by molar-refractivity contribution is -0.142. The second-order valence-electron chi connectivity index (χ2n) is 5.13. The van der Waals surface area contributed by atoms with Crippen molar-refractivity contribution < 1.29 is 9.90 Å². The first-order valence-corrected chi connectivity index (χ1v) is 7.03. The maximum Gasteiger partial charge on any atom is 0.320 e. The molecule has 0 aliphatic heterocycles. The van der Waals surface area contributed by atoms with Crippen LogP contribution in [0.2, 0.25) is 0 Å². The fraction of sp³-hybridized carbons (Fsp3) is 0.353. The quantitative estimate of drug-likeness (QED) is 0.877. The summed E-state index contributed by atoms with van der Waals surface area (Å²) in [5.41, 5.74) is 1.27. The van der Waals surface area contributed by atoms with E-state index in [-0.39, 0.29) is 0 Å². The highest BCUT2D eigenvalue weighted by Gasteiger charge is 2.19. The van der Waals surface area contributed by atoms with Crippen LogP contribution in [0.3, 0.4) is 0 Å². The van der Waals surface area contributed by atoms with Gasteiger partial charge < -0.3 is 5.11 Å². The van der Waals surface area contributed by atoms with Crippen LogP contribution in [0.15, 0.2) is 42.5 Å². The van der Waals surface area contributed by atoms with Crippen molar-refractivity contribution in [1.82, 2.24) is 4.90 Å². The molecule has 0 bridgehead atoms. The lowest BCUT2D eigenvalue weighted by Crippen LogP contribution is -2.39. The summed E-state index contributed by atoms with van der Waals surface area (Å²) < 4.78 is 0.